The minimum atomic E-state index is -0.377. The molecule has 2 N–H and O–H groups in total. The van der Waals surface area contributed by atoms with E-state index in [2.05, 4.69) is 27.5 Å². The Morgan fingerprint density at radius 2 is 2.00 bits per heavy atom. The number of aryl methyl sites for hydroxylation is 1. The lowest BCUT2D eigenvalue weighted by molar-refractivity contribution is 0.251. The second-order valence-electron chi connectivity index (χ2n) is 5.92. The average Bonchev–Trinajstić information content (AvgIpc) is 3.06. The van der Waals surface area contributed by atoms with Crippen molar-refractivity contribution >= 4 is 23.1 Å². The fraction of sp³-hybridized carbons (Fsp3) is 0.211. The van der Waals surface area contributed by atoms with Crippen molar-refractivity contribution in [2.45, 2.75) is 26.3 Å². The summed E-state index contributed by atoms with van der Waals surface area (Å²) in [5.41, 5.74) is 5.22. The number of amides is 2. The van der Waals surface area contributed by atoms with Gasteiger partial charge in [-0.05, 0) is 36.8 Å². The molecule has 0 spiro atoms. The van der Waals surface area contributed by atoms with Gasteiger partial charge in [-0.1, -0.05) is 19.1 Å². The summed E-state index contributed by atoms with van der Waals surface area (Å²) in [7, 11) is 0. The van der Waals surface area contributed by atoms with Gasteiger partial charge in [-0.15, -0.1) is 11.3 Å². The highest BCUT2D eigenvalue weighted by atomic mass is 32.1. The van der Waals surface area contributed by atoms with Crippen molar-refractivity contribution in [3.05, 3.63) is 75.8 Å². The molecule has 2 heterocycles. The molecule has 0 radical (unpaired) electrons. The maximum Gasteiger partial charge on any atom is 0.319 e. The van der Waals surface area contributed by atoms with Gasteiger partial charge in [0.1, 0.15) is 5.82 Å². The van der Waals surface area contributed by atoms with E-state index in [4.69, 9.17) is 0 Å². The zero-order valence-electron chi connectivity index (χ0n) is 14.5. The number of carbonyl (C=O) groups is 1. The molecule has 26 heavy (non-hydrogen) atoms. The molecule has 3 aromatic rings. The average molecular weight is 370 g/mol. The van der Waals surface area contributed by atoms with Crippen molar-refractivity contribution in [1.82, 2.24) is 15.3 Å². The van der Waals surface area contributed by atoms with Crippen molar-refractivity contribution in [2.75, 3.05) is 5.32 Å². The van der Waals surface area contributed by atoms with E-state index in [1.165, 1.54) is 23.2 Å². The van der Waals surface area contributed by atoms with Crippen molar-refractivity contribution in [2.24, 2.45) is 0 Å². The number of pyridine rings is 1. The van der Waals surface area contributed by atoms with E-state index in [0.29, 0.717) is 11.4 Å². The number of benzene rings is 1. The van der Waals surface area contributed by atoms with Crippen molar-refractivity contribution < 1.29 is 9.18 Å². The summed E-state index contributed by atoms with van der Waals surface area (Å²) in [6.45, 7) is 4.31. The number of aromatic nitrogens is 2. The summed E-state index contributed by atoms with van der Waals surface area (Å²) in [5.74, 6) is -0.123. The smallest absolute Gasteiger partial charge is 0.319 e. The minimum Gasteiger partial charge on any atom is -0.332 e. The number of halogens is 1. The third kappa shape index (κ3) is 4.43. The van der Waals surface area contributed by atoms with Gasteiger partial charge in [-0.2, -0.15) is 0 Å². The molecule has 0 bridgehead atoms. The van der Waals surface area contributed by atoms with Gasteiger partial charge >= 0.3 is 6.03 Å². The highest BCUT2D eigenvalue weighted by Crippen LogP contribution is 2.30. The summed E-state index contributed by atoms with van der Waals surface area (Å²) in [6.07, 6.45) is 1.37. The first-order valence-electron chi connectivity index (χ1n) is 8.18. The van der Waals surface area contributed by atoms with Gasteiger partial charge in [-0.25, -0.2) is 14.2 Å². The molecule has 0 saturated carbocycles. The summed E-state index contributed by atoms with van der Waals surface area (Å²) in [4.78, 5) is 21.5. The zero-order valence-corrected chi connectivity index (χ0v) is 15.3. The van der Waals surface area contributed by atoms with E-state index in [1.807, 2.05) is 36.7 Å². The largest absolute Gasteiger partial charge is 0.332 e. The SMILES string of the molecule is Cc1ncsc1[C@@H](C)c1ccc(NC(=O)NCc2cc(F)ccn2)cc1. The summed E-state index contributed by atoms with van der Waals surface area (Å²) in [6, 6.07) is 9.90. The number of urea groups is 1. The topological polar surface area (TPSA) is 66.9 Å². The molecule has 2 aromatic heterocycles. The van der Waals surface area contributed by atoms with E-state index in [0.717, 1.165) is 11.3 Å². The molecule has 0 aliphatic carbocycles. The third-order valence-electron chi connectivity index (χ3n) is 4.05. The van der Waals surface area contributed by atoms with E-state index < -0.39 is 0 Å². The Labute approximate surface area is 155 Å². The molecule has 0 aliphatic rings. The van der Waals surface area contributed by atoms with Crippen LogP contribution >= 0.6 is 11.3 Å². The maximum atomic E-state index is 13.1. The lowest BCUT2D eigenvalue weighted by Gasteiger charge is -2.12. The molecule has 1 aromatic carbocycles. The molecule has 5 nitrogen and oxygen atoms in total. The van der Waals surface area contributed by atoms with Crippen LogP contribution in [0.3, 0.4) is 0 Å². The van der Waals surface area contributed by atoms with Gasteiger partial charge in [0.05, 0.1) is 23.4 Å². The molecular formula is C19H19FN4OS. The van der Waals surface area contributed by atoms with Gasteiger partial charge in [0.15, 0.2) is 0 Å². The number of hydrogen-bond acceptors (Lipinski definition) is 4. The Bertz CT molecular complexity index is 895. The van der Waals surface area contributed by atoms with Crippen LogP contribution in [-0.4, -0.2) is 16.0 Å². The van der Waals surface area contributed by atoms with Gasteiger partial charge in [0.2, 0.25) is 0 Å². The monoisotopic (exact) mass is 370 g/mol. The number of rotatable bonds is 5. The molecule has 0 fully saturated rings. The fourth-order valence-electron chi connectivity index (χ4n) is 2.62. The Hall–Kier alpha value is -2.80. The van der Waals surface area contributed by atoms with E-state index in [1.54, 1.807) is 11.3 Å². The normalized spacial score (nSPS) is 11.8. The summed E-state index contributed by atoms with van der Waals surface area (Å²) < 4.78 is 13.1. The van der Waals surface area contributed by atoms with Crippen LogP contribution in [0, 0.1) is 12.7 Å². The first-order valence-corrected chi connectivity index (χ1v) is 9.06. The van der Waals surface area contributed by atoms with Crippen LogP contribution in [0.2, 0.25) is 0 Å². The minimum absolute atomic E-state index is 0.156. The predicted octanol–water partition coefficient (Wildman–Crippen LogP) is 4.46. The van der Waals surface area contributed by atoms with Crippen molar-refractivity contribution in [3.63, 3.8) is 0 Å². The number of hydrogen-bond donors (Lipinski definition) is 2. The summed E-state index contributed by atoms with van der Waals surface area (Å²) in [5, 5.41) is 5.41. The van der Waals surface area contributed by atoms with Crippen LogP contribution in [0.5, 0.6) is 0 Å². The Morgan fingerprint density at radius 1 is 1.23 bits per heavy atom. The molecule has 3 rings (SSSR count). The molecular weight excluding hydrogens is 351 g/mol. The Balaban J connectivity index is 1.57. The molecule has 0 saturated heterocycles. The Kier molecular flexibility index (Phi) is 5.58. The van der Waals surface area contributed by atoms with Crippen molar-refractivity contribution in [3.8, 4) is 0 Å². The highest BCUT2D eigenvalue weighted by Gasteiger charge is 2.13. The zero-order chi connectivity index (χ0) is 18.5. The molecule has 0 unspecified atom stereocenters. The molecule has 134 valence electrons. The Morgan fingerprint density at radius 3 is 2.65 bits per heavy atom. The van der Waals surface area contributed by atoms with Gasteiger partial charge in [0, 0.05) is 22.7 Å². The lowest BCUT2D eigenvalue weighted by atomic mass is 9.98. The molecule has 2 amide bonds. The number of anilines is 1. The third-order valence-corrected chi connectivity index (χ3v) is 5.17. The molecule has 7 heteroatoms. The standard InChI is InChI=1S/C19H19FN4OS/c1-12(18-13(2)23-11-26-18)14-3-5-16(6-4-14)24-19(25)22-10-17-9-15(20)7-8-21-17/h3-9,11-12H,10H2,1-2H3,(H2,22,24,25)/t12-/m0/s1. The highest BCUT2D eigenvalue weighted by molar-refractivity contribution is 7.09. The van der Waals surface area contributed by atoms with Crippen LogP contribution in [0.1, 0.15) is 34.7 Å². The number of thiazole rings is 1. The number of nitrogens with one attached hydrogen (secondary N) is 2. The van der Waals surface area contributed by atoms with Crippen LogP contribution in [0.4, 0.5) is 14.9 Å². The van der Waals surface area contributed by atoms with Crippen LogP contribution in [0.25, 0.3) is 0 Å². The second kappa shape index (κ2) is 8.05. The first kappa shape index (κ1) is 18.0. The van der Waals surface area contributed by atoms with Crippen LogP contribution in [-0.2, 0) is 6.54 Å². The summed E-state index contributed by atoms with van der Waals surface area (Å²) >= 11 is 1.65. The van der Waals surface area contributed by atoms with Crippen LogP contribution < -0.4 is 10.6 Å². The quantitative estimate of drug-likeness (QED) is 0.697. The van der Waals surface area contributed by atoms with E-state index in [9.17, 15) is 9.18 Å². The lowest BCUT2D eigenvalue weighted by Crippen LogP contribution is -2.28. The number of nitrogens with zero attached hydrogens (tertiary/aromatic N) is 2. The second-order valence-corrected chi connectivity index (χ2v) is 6.81. The van der Waals surface area contributed by atoms with Crippen molar-refractivity contribution in [1.29, 1.82) is 0 Å². The first-order chi connectivity index (χ1) is 12.5. The molecule has 0 aliphatic heterocycles. The molecule has 1 atom stereocenters. The van der Waals surface area contributed by atoms with E-state index in [-0.39, 0.29) is 24.3 Å². The number of carbonyl (C=O) groups excluding carboxylic acids is 1. The van der Waals surface area contributed by atoms with Crippen LogP contribution in [0.15, 0.2) is 48.1 Å². The van der Waals surface area contributed by atoms with Gasteiger partial charge in [0.25, 0.3) is 0 Å². The maximum absolute atomic E-state index is 13.1. The van der Waals surface area contributed by atoms with Gasteiger partial charge < -0.3 is 10.6 Å². The predicted molar refractivity (Wildman–Crippen MR) is 101 cm³/mol. The van der Waals surface area contributed by atoms with Gasteiger partial charge in [-0.3, -0.25) is 4.98 Å². The van der Waals surface area contributed by atoms with E-state index >= 15 is 0 Å². The fourth-order valence-corrected chi connectivity index (χ4v) is 3.51.